The zero-order valence-electron chi connectivity index (χ0n) is 15.4. The van der Waals surface area contributed by atoms with Gasteiger partial charge in [0.2, 0.25) is 11.8 Å². The Hall–Kier alpha value is -1.59. The standard InChI is InChI=1S/C19H29N3O2.ClH/c1-4-14-9-7-8-10-16(14)22-12-15(11-17(22)23)18(24)21-19(5-2,6-3)13-20;/h7-10,15H,4-6,11-13,20H2,1-3H3,(H,21,24);1H. The van der Waals surface area contributed by atoms with Crippen molar-refractivity contribution in [2.24, 2.45) is 11.7 Å². The summed E-state index contributed by atoms with van der Waals surface area (Å²) in [6, 6.07) is 7.90. The fourth-order valence-electron chi connectivity index (χ4n) is 3.32. The van der Waals surface area contributed by atoms with Gasteiger partial charge in [-0.1, -0.05) is 39.0 Å². The van der Waals surface area contributed by atoms with Gasteiger partial charge in [0.15, 0.2) is 0 Å². The average Bonchev–Trinajstić information content (AvgIpc) is 3.01. The van der Waals surface area contributed by atoms with Gasteiger partial charge in [0.25, 0.3) is 0 Å². The Balaban J connectivity index is 0.00000312. The van der Waals surface area contributed by atoms with Crippen LogP contribution in [0.2, 0.25) is 0 Å². The molecule has 3 N–H and O–H groups in total. The third-order valence-corrected chi connectivity index (χ3v) is 5.29. The van der Waals surface area contributed by atoms with Crippen molar-refractivity contribution in [1.29, 1.82) is 0 Å². The van der Waals surface area contributed by atoms with Crippen molar-refractivity contribution in [3.05, 3.63) is 29.8 Å². The number of aryl methyl sites for hydroxylation is 1. The van der Waals surface area contributed by atoms with Gasteiger partial charge < -0.3 is 16.0 Å². The van der Waals surface area contributed by atoms with Gasteiger partial charge in [-0.05, 0) is 30.9 Å². The van der Waals surface area contributed by atoms with E-state index in [9.17, 15) is 9.59 Å². The van der Waals surface area contributed by atoms with E-state index in [1.54, 1.807) is 4.90 Å². The highest BCUT2D eigenvalue weighted by Gasteiger charge is 2.38. The smallest absolute Gasteiger partial charge is 0.227 e. The molecule has 2 rings (SSSR count). The maximum Gasteiger partial charge on any atom is 0.227 e. The first-order chi connectivity index (χ1) is 11.5. The van der Waals surface area contributed by atoms with E-state index in [-0.39, 0.29) is 42.1 Å². The molecule has 0 spiro atoms. The lowest BCUT2D eigenvalue weighted by atomic mass is 9.91. The van der Waals surface area contributed by atoms with Crippen LogP contribution in [0, 0.1) is 5.92 Å². The Kier molecular flexibility index (Phi) is 7.90. The predicted molar refractivity (Wildman–Crippen MR) is 104 cm³/mol. The van der Waals surface area contributed by atoms with Gasteiger partial charge in [-0.2, -0.15) is 0 Å². The van der Waals surface area contributed by atoms with Crippen molar-refractivity contribution >= 4 is 29.9 Å². The predicted octanol–water partition coefficient (Wildman–Crippen LogP) is 2.66. The normalized spacial score (nSPS) is 17.4. The zero-order valence-corrected chi connectivity index (χ0v) is 16.2. The maximum absolute atomic E-state index is 12.7. The second kappa shape index (κ2) is 9.20. The van der Waals surface area contributed by atoms with Crippen LogP contribution in [0.1, 0.15) is 45.6 Å². The number of anilines is 1. The molecule has 0 aliphatic carbocycles. The van der Waals surface area contributed by atoms with Crippen LogP contribution in [0.4, 0.5) is 5.69 Å². The minimum Gasteiger partial charge on any atom is -0.349 e. The molecule has 1 saturated heterocycles. The van der Waals surface area contributed by atoms with Crippen LogP contribution in [0.3, 0.4) is 0 Å². The van der Waals surface area contributed by atoms with Gasteiger partial charge in [0, 0.05) is 25.2 Å². The van der Waals surface area contributed by atoms with E-state index in [1.807, 2.05) is 38.1 Å². The van der Waals surface area contributed by atoms with Crippen molar-refractivity contribution in [2.45, 2.75) is 52.0 Å². The van der Waals surface area contributed by atoms with Crippen LogP contribution < -0.4 is 16.0 Å². The first-order valence-corrected chi connectivity index (χ1v) is 8.90. The highest BCUT2D eigenvalue weighted by molar-refractivity contribution is 6.00. The molecule has 0 aromatic heterocycles. The van der Waals surface area contributed by atoms with Crippen molar-refractivity contribution in [3.63, 3.8) is 0 Å². The lowest BCUT2D eigenvalue weighted by Crippen LogP contribution is -2.54. The van der Waals surface area contributed by atoms with E-state index in [0.29, 0.717) is 13.1 Å². The summed E-state index contributed by atoms with van der Waals surface area (Å²) in [6.45, 7) is 6.98. The number of carbonyl (C=O) groups is 2. The molecule has 1 aromatic rings. The molecule has 140 valence electrons. The van der Waals surface area contributed by atoms with Crippen LogP contribution in [-0.4, -0.2) is 30.4 Å². The Labute approximate surface area is 156 Å². The lowest BCUT2D eigenvalue weighted by Gasteiger charge is -2.32. The first-order valence-electron chi connectivity index (χ1n) is 8.90. The Morgan fingerprint density at radius 1 is 1.28 bits per heavy atom. The molecule has 1 heterocycles. The second-order valence-electron chi connectivity index (χ2n) is 6.57. The van der Waals surface area contributed by atoms with Gasteiger partial charge in [-0.25, -0.2) is 0 Å². The molecule has 25 heavy (non-hydrogen) atoms. The van der Waals surface area contributed by atoms with Crippen molar-refractivity contribution in [2.75, 3.05) is 18.0 Å². The molecule has 0 radical (unpaired) electrons. The van der Waals surface area contributed by atoms with Crippen LogP contribution in [-0.2, 0) is 16.0 Å². The van der Waals surface area contributed by atoms with E-state index in [2.05, 4.69) is 12.2 Å². The number of carbonyl (C=O) groups excluding carboxylic acids is 2. The van der Waals surface area contributed by atoms with E-state index in [0.717, 1.165) is 30.5 Å². The minimum absolute atomic E-state index is 0. The fourth-order valence-corrected chi connectivity index (χ4v) is 3.32. The summed E-state index contributed by atoms with van der Waals surface area (Å²) in [6.07, 6.45) is 2.69. The van der Waals surface area contributed by atoms with E-state index >= 15 is 0 Å². The third-order valence-electron chi connectivity index (χ3n) is 5.29. The number of para-hydroxylation sites is 1. The molecule has 5 nitrogen and oxygen atoms in total. The van der Waals surface area contributed by atoms with Gasteiger partial charge in [-0.3, -0.25) is 9.59 Å². The molecule has 1 fully saturated rings. The Morgan fingerprint density at radius 3 is 2.48 bits per heavy atom. The average molecular weight is 368 g/mol. The number of halogens is 1. The molecule has 1 aliphatic rings. The van der Waals surface area contributed by atoms with Crippen molar-refractivity contribution < 1.29 is 9.59 Å². The highest BCUT2D eigenvalue weighted by atomic mass is 35.5. The SMILES string of the molecule is CCc1ccccc1N1CC(C(=O)NC(CC)(CC)CN)CC1=O.Cl. The van der Waals surface area contributed by atoms with Crippen LogP contribution in [0.25, 0.3) is 0 Å². The number of hydrogen-bond acceptors (Lipinski definition) is 3. The second-order valence-corrected chi connectivity index (χ2v) is 6.57. The molecule has 6 heteroatoms. The minimum atomic E-state index is -0.366. The largest absolute Gasteiger partial charge is 0.349 e. The number of hydrogen-bond donors (Lipinski definition) is 2. The monoisotopic (exact) mass is 367 g/mol. The highest BCUT2D eigenvalue weighted by Crippen LogP contribution is 2.29. The molecule has 1 unspecified atom stereocenters. The van der Waals surface area contributed by atoms with Crippen molar-refractivity contribution in [3.8, 4) is 0 Å². The quantitative estimate of drug-likeness (QED) is 0.777. The molecule has 0 bridgehead atoms. The number of amides is 2. The number of nitrogens with zero attached hydrogens (tertiary/aromatic N) is 1. The summed E-state index contributed by atoms with van der Waals surface area (Å²) >= 11 is 0. The van der Waals surface area contributed by atoms with E-state index in [1.165, 1.54) is 0 Å². The third kappa shape index (κ3) is 4.53. The summed E-state index contributed by atoms with van der Waals surface area (Å²) in [4.78, 5) is 26.9. The Morgan fingerprint density at radius 2 is 1.92 bits per heavy atom. The van der Waals surface area contributed by atoms with Gasteiger partial charge in [-0.15, -0.1) is 12.4 Å². The number of nitrogens with one attached hydrogen (secondary N) is 1. The summed E-state index contributed by atoms with van der Waals surface area (Å²) in [7, 11) is 0. The summed E-state index contributed by atoms with van der Waals surface area (Å²) < 4.78 is 0. The number of nitrogens with two attached hydrogens (primary N) is 1. The zero-order chi connectivity index (χ0) is 17.7. The van der Waals surface area contributed by atoms with Crippen LogP contribution in [0.5, 0.6) is 0 Å². The van der Waals surface area contributed by atoms with Gasteiger partial charge in [0.1, 0.15) is 0 Å². The lowest BCUT2D eigenvalue weighted by molar-refractivity contribution is -0.128. The van der Waals surface area contributed by atoms with E-state index < -0.39 is 0 Å². The number of benzene rings is 1. The summed E-state index contributed by atoms with van der Waals surface area (Å²) in [5.41, 5.74) is 7.56. The molecule has 1 aliphatic heterocycles. The molecular formula is C19H30ClN3O2. The first kappa shape index (κ1) is 21.5. The summed E-state index contributed by atoms with van der Waals surface area (Å²) in [5, 5.41) is 3.10. The molecule has 2 amide bonds. The maximum atomic E-state index is 12.7. The number of rotatable bonds is 7. The van der Waals surface area contributed by atoms with Gasteiger partial charge in [0.05, 0.1) is 11.5 Å². The summed E-state index contributed by atoms with van der Waals surface area (Å²) in [5.74, 6) is -0.359. The van der Waals surface area contributed by atoms with Crippen LogP contribution in [0.15, 0.2) is 24.3 Å². The fraction of sp³-hybridized carbons (Fsp3) is 0.579. The topological polar surface area (TPSA) is 75.4 Å². The molecule has 1 aromatic carbocycles. The van der Waals surface area contributed by atoms with Crippen LogP contribution >= 0.6 is 12.4 Å². The molecule has 1 atom stereocenters. The van der Waals surface area contributed by atoms with E-state index in [4.69, 9.17) is 5.73 Å². The van der Waals surface area contributed by atoms with Gasteiger partial charge >= 0.3 is 0 Å². The van der Waals surface area contributed by atoms with Crippen molar-refractivity contribution in [1.82, 2.24) is 5.32 Å². The molecular weight excluding hydrogens is 338 g/mol. The Bertz CT molecular complexity index is 594. The molecule has 0 saturated carbocycles.